The number of ether oxygens (including phenoxy) is 2. The smallest absolute Gasteiger partial charge is 0.271 e. The Morgan fingerprint density at radius 3 is 2.74 bits per heavy atom. The first-order valence-corrected chi connectivity index (χ1v) is 9.34. The van der Waals surface area contributed by atoms with Crippen molar-refractivity contribution in [1.29, 1.82) is 0 Å². The van der Waals surface area contributed by atoms with E-state index in [1.807, 2.05) is 30.3 Å². The van der Waals surface area contributed by atoms with Gasteiger partial charge in [0.15, 0.2) is 0 Å². The summed E-state index contributed by atoms with van der Waals surface area (Å²) in [5, 5.41) is 6.93. The normalized spacial score (nSPS) is 13.3. The zero-order valence-corrected chi connectivity index (χ0v) is 15.3. The summed E-state index contributed by atoms with van der Waals surface area (Å²) < 4.78 is 12.4. The van der Waals surface area contributed by atoms with Crippen molar-refractivity contribution in [3.05, 3.63) is 58.5 Å². The van der Waals surface area contributed by atoms with E-state index >= 15 is 0 Å². The van der Waals surface area contributed by atoms with Crippen LogP contribution in [0.5, 0.6) is 5.75 Å². The highest BCUT2D eigenvalue weighted by Crippen LogP contribution is 2.28. The van der Waals surface area contributed by atoms with Gasteiger partial charge in [0.05, 0.1) is 6.54 Å². The average Bonchev–Trinajstić information content (AvgIpc) is 3.51. The molecule has 1 amide bonds. The fourth-order valence-corrected chi connectivity index (χ4v) is 2.50. The molecule has 0 radical (unpaired) electrons. The standard InChI is InChI=1S/C20H25N3O4/c24-19-10-9-18(20(25)21-11-4-13-26-15-16-7-8-16)22-23(19)12-14-27-17-5-2-1-3-6-17/h1-3,5-6,9-10,16H,4,7-8,11-15H2,(H,21,25). The maximum Gasteiger partial charge on any atom is 0.271 e. The average molecular weight is 371 g/mol. The summed E-state index contributed by atoms with van der Waals surface area (Å²) in [4.78, 5) is 24.1. The van der Waals surface area contributed by atoms with E-state index in [4.69, 9.17) is 9.47 Å². The van der Waals surface area contributed by atoms with Gasteiger partial charge in [-0.2, -0.15) is 5.10 Å². The second kappa shape index (κ2) is 9.87. The molecule has 1 aliphatic rings. The van der Waals surface area contributed by atoms with Crippen LogP contribution in [0.15, 0.2) is 47.3 Å². The van der Waals surface area contributed by atoms with Gasteiger partial charge in [-0.1, -0.05) is 18.2 Å². The molecule has 1 fully saturated rings. The summed E-state index contributed by atoms with van der Waals surface area (Å²) in [6.45, 7) is 2.54. The number of amides is 1. The van der Waals surface area contributed by atoms with Crippen LogP contribution in [0.4, 0.5) is 0 Å². The van der Waals surface area contributed by atoms with Crippen molar-refractivity contribution >= 4 is 5.91 Å². The first kappa shape index (κ1) is 19.1. The summed E-state index contributed by atoms with van der Waals surface area (Å²) in [5.41, 5.74) is -0.0510. The second-order valence-corrected chi connectivity index (χ2v) is 6.57. The lowest BCUT2D eigenvalue weighted by molar-refractivity contribution is 0.0929. The SMILES string of the molecule is O=C(NCCCOCC1CC1)c1ccc(=O)n(CCOc2ccccc2)n1. The van der Waals surface area contributed by atoms with E-state index in [9.17, 15) is 9.59 Å². The number of carbonyl (C=O) groups is 1. The van der Waals surface area contributed by atoms with Crippen molar-refractivity contribution in [1.82, 2.24) is 15.1 Å². The van der Waals surface area contributed by atoms with E-state index in [-0.39, 0.29) is 23.7 Å². The Morgan fingerprint density at radius 1 is 1.15 bits per heavy atom. The highest BCUT2D eigenvalue weighted by molar-refractivity contribution is 5.91. The molecule has 2 aromatic rings. The summed E-state index contributed by atoms with van der Waals surface area (Å²) >= 11 is 0. The maximum absolute atomic E-state index is 12.2. The van der Waals surface area contributed by atoms with E-state index in [1.54, 1.807) is 0 Å². The summed E-state index contributed by atoms with van der Waals surface area (Å²) in [6.07, 6.45) is 3.30. The maximum atomic E-state index is 12.2. The molecule has 0 saturated heterocycles. The molecule has 1 aromatic carbocycles. The van der Waals surface area contributed by atoms with Crippen LogP contribution in [0.2, 0.25) is 0 Å². The number of rotatable bonds is 11. The van der Waals surface area contributed by atoms with Crippen LogP contribution in [0.25, 0.3) is 0 Å². The van der Waals surface area contributed by atoms with Crippen molar-refractivity contribution in [3.63, 3.8) is 0 Å². The van der Waals surface area contributed by atoms with Crippen LogP contribution in [0.3, 0.4) is 0 Å². The molecule has 0 unspecified atom stereocenters. The highest BCUT2D eigenvalue weighted by Gasteiger charge is 2.20. The van der Waals surface area contributed by atoms with E-state index in [1.165, 1.54) is 29.7 Å². The van der Waals surface area contributed by atoms with Crippen LogP contribution in [-0.4, -0.2) is 42.1 Å². The molecule has 7 heteroatoms. The van der Waals surface area contributed by atoms with Crippen LogP contribution < -0.4 is 15.6 Å². The van der Waals surface area contributed by atoms with Gasteiger partial charge in [-0.05, 0) is 43.4 Å². The van der Waals surface area contributed by atoms with Crippen molar-refractivity contribution in [2.45, 2.75) is 25.8 Å². The fourth-order valence-electron chi connectivity index (χ4n) is 2.50. The molecule has 0 aliphatic heterocycles. The summed E-state index contributed by atoms with van der Waals surface area (Å²) in [5.74, 6) is 1.17. The number of nitrogens with zero attached hydrogens (tertiary/aromatic N) is 2. The van der Waals surface area contributed by atoms with E-state index in [2.05, 4.69) is 10.4 Å². The lowest BCUT2D eigenvalue weighted by Crippen LogP contribution is -2.31. The van der Waals surface area contributed by atoms with Gasteiger partial charge in [-0.25, -0.2) is 4.68 Å². The molecule has 1 heterocycles. The predicted molar refractivity (Wildman–Crippen MR) is 101 cm³/mol. The third-order valence-electron chi connectivity index (χ3n) is 4.22. The zero-order chi connectivity index (χ0) is 18.9. The van der Waals surface area contributed by atoms with Gasteiger partial charge in [0, 0.05) is 25.8 Å². The first-order chi connectivity index (χ1) is 13.2. The minimum atomic E-state index is -0.296. The first-order valence-electron chi connectivity index (χ1n) is 9.34. The van der Waals surface area contributed by atoms with Crippen molar-refractivity contribution in [3.8, 4) is 5.75 Å². The molecule has 1 N–H and O–H groups in total. The van der Waals surface area contributed by atoms with Crippen LogP contribution in [-0.2, 0) is 11.3 Å². The van der Waals surface area contributed by atoms with Gasteiger partial charge in [-0.3, -0.25) is 9.59 Å². The quantitative estimate of drug-likeness (QED) is 0.610. The van der Waals surface area contributed by atoms with Crippen molar-refractivity contribution < 1.29 is 14.3 Å². The minimum absolute atomic E-state index is 0.216. The number of hydrogen-bond acceptors (Lipinski definition) is 5. The molecule has 0 bridgehead atoms. The lowest BCUT2D eigenvalue weighted by Gasteiger charge is -2.09. The molecular formula is C20H25N3O4. The number of hydrogen-bond donors (Lipinski definition) is 1. The molecule has 144 valence electrons. The largest absolute Gasteiger partial charge is 0.492 e. The number of carbonyl (C=O) groups excluding carboxylic acids is 1. The van der Waals surface area contributed by atoms with Gasteiger partial charge in [0.1, 0.15) is 18.1 Å². The number of aromatic nitrogens is 2. The third kappa shape index (κ3) is 6.53. The predicted octanol–water partition coefficient (Wildman–Crippen LogP) is 1.87. The molecular weight excluding hydrogens is 346 g/mol. The molecule has 1 aromatic heterocycles. The van der Waals surface area contributed by atoms with Crippen LogP contribution in [0, 0.1) is 5.92 Å². The lowest BCUT2D eigenvalue weighted by atomic mass is 10.3. The van der Waals surface area contributed by atoms with E-state index in [0.717, 1.165) is 24.7 Å². The Morgan fingerprint density at radius 2 is 1.96 bits per heavy atom. The van der Waals surface area contributed by atoms with Crippen molar-refractivity contribution in [2.75, 3.05) is 26.4 Å². The molecule has 1 saturated carbocycles. The third-order valence-corrected chi connectivity index (χ3v) is 4.22. The Labute approximate surface area is 158 Å². The van der Waals surface area contributed by atoms with Gasteiger partial charge in [-0.15, -0.1) is 0 Å². The summed E-state index contributed by atoms with van der Waals surface area (Å²) in [6, 6.07) is 12.1. The Kier molecular flexibility index (Phi) is 6.98. The van der Waals surface area contributed by atoms with Gasteiger partial charge in [0.2, 0.25) is 0 Å². The highest BCUT2D eigenvalue weighted by atomic mass is 16.5. The molecule has 1 aliphatic carbocycles. The van der Waals surface area contributed by atoms with E-state index in [0.29, 0.717) is 19.8 Å². The second-order valence-electron chi connectivity index (χ2n) is 6.57. The van der Waals surface area contributed by atoms with Gasteiger partial charge >= 0.3 is 0 Å². The van der Waals surface area contributed by atoms with Crippen molar-refractivity contribution in [2.24, 2.45) is 5.92 Å². The van der Waals surface area contributed by atoms with Crippen LogP contribution in [0.1, 0.15) is 29.8 Å². The molecule has 27 heavy (non-hydrogen) atoms. The number of para-hydroxylation sites is 1. The Balaban J connectivity index is 1.42. The Hall–Kier alpha value is -2.67. The topological polar surface area (TPSA) is 82.5 Å². The molecule has 3 rings (SSSR count). The van der Waals surface area contributed by atoms with Gasteiger partial charge in [0.25, 0.3) is 11.5 Å². The monoisotopic (exact) mass is 371 g/mol. The Bertz CT molecular complexity index is 787. The number of benzene rings is 1. The van der Waals surface area contributed by atoms with Gasteiger partial charge < -0.3 is 14.8 Å². The fraction of sp³-hybridized carbons (Fsp3) is 0.450. The summed E-state index contributed by atoms with van der Waals surface area (Å²) in [7, 11) is 0. The minimum Gasteiger partial charge on any atom is -0.492 e. The number of nitrogens with one attached hydrogen (secondary N) is 1. The van der Waals surface area contributed by atoms with E-state index < -0.39 is 0 Å². The molecule has 0 spiro atoms. The zero-order valence-electron chi connectivity index (χ0n) is 15.3. The molecule has 0 atom stereocenters. The van der Waals surface area contributed by atoms with Crippen LogP contribution >= 0.6 is 0 Å². The molecule has 7 nitrogen and oxygen atoms in total.